The Morgan fingerprint density at radius 3 is 3.14 bits per heavy atom. The summed E-state index contributed by atoms with van der Waals surface area (Å²) >= 11 is 0. The van der Waals surface area contributed by atoms with E-state index < -0.39 is 0 Å². The predicted octanol–water partition coefficient (Wildman–Crippen LogP) is 1.23. The molecule has 5 rings (SSSR count). The molecule has 9 heteroatoms. The molecular formula is C20H20N8O. The molecule has 4 heterocycles. The van der Waals surface area contributed by atoms with Crippen LogP contribution in [0.25, 0.3) is 21.9 Å². The number of nitrogens with two attached hydrogens (primary N) is 1. The molecular weight excluding hydrogens is 368 g/mol. The minimum Gasteiger partial charge on any atom is -0.383 e. The van der Waals surface area contributed by atoms with E-state index in [1.54, 1.807) is 13.3 Å². The highest BCUT2D eigenvalue weighted by Crippen LogP contribution is 2.27. The number of ether oxygens (including phenoxy) is 1. The van der Waals surface area contributed by atoms with Crippen LogP contribution in [0.2, 0.25) is 0 Å². The van der Waals surface area contributed by atoms with Gasteiger partial charge in [-0.05, 0) is 30.5 Å². The maximum Gasteiger partial charge on any atom is 0.164 e. The Morgan fingerprint density at radius 2 is 2.24 bits per heavy atom. The summed E-state index contributed by atoms with van der Waals surface area (Å²) in [5.74, 6) is 6.72. The Labute approximate surface area is 166 Å². The second-order valence-corrected chi connectivity index (χ2v) is 7.12. The molecule has 0 saturated carbocycles. The molecule has 29 heavy (non-hydrogen) atoms. The number of fused-ring (bicyclic) bond motifs is 2. The highest BCUT2D eigenvalue weighted by molar-refractivity contribution is 5.90. The van der Waals surface area contributed by atoms with Gasteiger partial charge in [0.25, 0.3) is 0 Å². The first-order valence-electron chi connectivity index (χ1n) is 9.39. The number of aromatic amines is 1. The van der Waals surface area contributed by atoms with Gasteiger partial charge in [-0.25, -0.2) is 14.6 Å². The average molecular weight is 388 g/mol. The molecule has 4 N–H and O–H groups in total. The summed E-state index contributed by atoms with van der Waals surface area (Å²) in [4.78, 5) is 8.57. The fourth-order valence-corrected chi connectivity index (χ4v) is 3.80. The lowest BCUT2D eigenvalue weighted by atomic mass is 10.1. The van der Waals surface area contributed by atoms with Crippen molar-refractivity contribution in [1.29, 1.82) is 0 Å². The number of anilines is 1. The van der Waals surface area contributed by atoms with E-state index in [0.29, 0.717) is 35.2 Å². The summed E-state index contributed by atoms with van der Waals surface area (Å²) in [6.07, 6.45) is 4.15. The van der Waals surface area contributed by atoms with Crippen molar-refractivity contribution in [2.75, 3.05) is 26.0 Å². The number of H-pyrrole nitrogens is 1. The van der Waals surface area contributed by atoms with Crippen molar-refractivity contribution in [3.05, 3.63) is 42.0 Å². The number of methoxy groups -OCH3 is 1. The van der Waals surface area contributed by atoms with Crippen LogP contribution in [-0.2, 0) is 4.74 Å². The van der Waals surface area contributed by atoms with Gasteiger partial charge in [-0.2, -0.15) is 10.2 Å². The largest absolute Gasteiger partial charge is 0.383 e. The number of nitrogen functional groups attached to an aromatic ring is 1. The van der Waals surface area contributed by atoms with Crippen LogP contribution in [0.5, 0.6) is 0 Å². The van der Waals surface area contributed by atoms with E-state index in [2.05, 4.69) is 37.3 Å². The summed E-state index contributed by atoms with van der Waals surface area (Å²) in [6.45, 7) is 1.45. The molecule has 0 bridgehead atoms. The third kappa shape index (κ3) is 3.18. The second kappa shape index (κ2) is 7.16. The number of nitrogens with zero attached hydrogens (tertiary/aromatic N) is 5. The molecule has 1 fully saturated rings. The molecule has 2 atom stereocenters. The number of hydrogen-bond donors (Lipinski definition) is 3. The SMILES string of the molecule is COC[C@H]1CC(n2nc(C#Cc3ccc4cn[nH]c4c3)c3c(N)ncnc32)CN1. The van der Waals surface area contributed by atoms with Gasteiger partial charge in [-0.15, -0.1) is 0 Å². The van der Waals surface area contributed by atoms with E-state index in [-0.39, 0.29) is 6.04 Å². The Balaban J connectivity index is 1.54. The Kier molecular flexibility index (Phi) is 4.35. The van der Waals surface area contributed by atoms with Crippen LogP contribution in [0.4, 0.5) is 5.82 Å². The fourth-order valence-electron chi connectivity index (χ4n) is 3.80. The first-order valence-corrected chi connectivity index (χ1v) is 9.39. The summed E-state index contributed by atoms with van der Waals surface area (Å²) < 4.78 is 7.18. The van der Waals surface area contributed by atoms with Crippen LogP contribution in [-0.4, -0.2) is 56.2 Å². The lowest BCUT2D eigenvalue weighted by Crippen LogP contribution is -2.25. The van der Waals surface area contributed by atoms with Crippen LogP contribution in [0.15, 0.2) is 30.7 Å². The van der Waals surface area contributed by atoms with Crippen molar-refractivity contribution in [1.82, 2.24) is 35.3 Å². The van der Waals surface area contributed by atoms with Gasteiger partial charge in [0.2, 0.25) is 0 Å². The smallest absolute Gasteiger partial charge is 0.164 e. The average Bonchev–Trinajstić information content (AvgIpc) is 3.45. The summed E-state index contributed by atoms with van der Waals surface area (Å²) in [5.41, 5.74) is 9.24. The standard InChI is InChI=1S/C20H20N8O/c1-29-10-14-7-15(9-22-14)28-20-18(19(21)23-11-24-20)16(27-28)5-3-12-2-4-13-8-25-26-17(13)6-12/h2,4,6,8,11,14-15,22H,7,9-10H2,1H3,(H,25,26)(H2,21,23,24)/t14-,15?/m1/s1. The van der Waals surface area contributed by atoms with E-state index in [1.165, 1.54) is 6.33 Å². The molecule has 4 aromatic rings. The number of hydrogen-bond acceptors (Lipinski definition) is 7. The Hall–Kier alpha value is -3.48. The van der Waals surface area contributed by atoms with E-state index in [4.69, 9.17) is 15.6 Å². The molecule has 1 saturated heterocycles. The highest BCUT2D eigenvalue weighted by atomic mass is 16.5. The molecule has 0 spiro atoms. The van der Waals surface area contributed by atoms with Gasteiger partial charge in [-0.3, -0.25) is 5.10 Å². The molecule has 1 aliphatic heterocycles. The van der Waals surface area contributed by atoms with Crippen LogP contribution >= 0.6 is 0 Å². The second-order valence-electron chi connectivity index (χ2n) is 7.12. The highest BCUT2D eigenvalue weighted by Gasteiger charge is 2.28. The zero-order chi connectivity index (χ0) is 19.8. The Morgan fingerprint density at radius 1 is 1.31 bits per heavy atom. The molecule has 146 valence electrons. The van der Waals surface area contributed by atoms with Crippen LogP contribution < -0.4 is 11.1 Å². The molecule has 1 unspecified atom stereocenters. The van der Waals surface area contributed by atoms with E-state index in [1.807, 2.05) is 22.9 Å². The molecule has 0 aliphatic carbocycles. The zero-order valence-electron chi connectivity index (χ0n) is 15.9. The first-order chi connectivity index (χ1) is 14.2. The van der Waals surface area contributed by atoms with Crippen LogP contribution in [0, 0.1) is 11.8 Å². The van der Waals surface area contributed by atoms with Crippen molar-refractivity contribution in [2.45, 2.75) is 18.5 Å². The van der Waals surface area contributed by atoms with Gasteiger partial charge in [0, 0.05) is 30.6 Å². The third-order valence-electron chi connectivity index (χ3n) is 5.20. The number of aromatic nitrogens is 6. The van der Waals surface area contributed by atoms with Gasteiger partial charge < -0.3 is 15.8 Å². The maximum absolute atomic E-state index is 6.15. The molecule has 9 nitrogen and oxygen atoms in total. The topological polar surface area (TPSA) is 120 Å². The summed E-state index contributed by atoms with van der Waals surface area (Å²) in [6, 6.07) is 6.35. The number of benzene rings is 1. The van der Waals surface area contributed by atoms with Gasteiger partial charge in [0.1, 0.15) is 17.8 Å². The zero-order valence-corrected chi connectivity index (χ0v) is 15.9. The summed E-state index contributed by atoms with van der Waals surface area (Å²) in [7, 11) is 1.71. The van der Waals surface area contributed by atoms with Crippen molar-refractivity contribution in [3.63, 3.8) is 0 Å². The van der Waals surface area contributed by atoms with Crippen molar-refractivity contribution >= 4 is 27.8 Å². The van der Waals surface area contributed by atoms with E-state index in [0.717, 1.165) is 29.4 Å². The monoisotopic (exact) mass is 388 g/mol. The maximum atomic E-state index is 6.15. The van der Waals surface area contributed by atoms with Crippen molar-refractivity contribution in [2.24, 2.45) is 0 Å². The van der Waals surface area contributed by atoms with Gasteiger partial charge in [0.05, 0.1) is 29.7 Å². The summed E-state index contributed by atoms with van der Waals surface area (Å²) in [5, 5.41) is 17.0. The molecule has 1 aromatic carbocycles. The third-order valence-corrected chi connectivity index (χ3v) is 5.20. The van der Waals surface area contributed by atoms with E-state index >= 15 is 0 Å². The quantitative estimate of drug-likeness (QED) is 0.452. The lowest BCUT2D eigenvalue weighted by molar-refractivity contribution is 0.172. The molecule has 1 aliphatic rings. The molecule has 3 aromatic heterocycles. The van der Waals surface area contributed by atoms with E-state index in [9.17, 15) is 0 Å². The van der Waals surface area contributed by atoms with Gasteiger partial charge in [-0.1, -0.05) is 5.92 Å². The number of rotatable bonds is 3. The predicted molar refractivity (Wildman–Crippen MR) is 109 cm³/mol. The van der Waals surface area contributed by atoms with Crippen LogP contribution in [0.3, 0.4) is 0 Å². The minimum atomic E-state index is 0.156. The van der Waals surface area contributed by atoms with Crippen molar-refractivity contribution < 1.29 is 4.74 Å². The van der Waals surface area contributed by atoms with Gasteiger partial charge >= 0.3 is 0 Å². The normalized spacial score (nSPS) is 18.9. The minimum absolute atomic E-state index is 0.156. The number of nitrogens with one attached hydrogen (secondary N) is 2. The van der Waals surface area contributed by atoms with Crippen molar-refractivity contribution in [3.8, 4) is 11.8 Å². The van der Waals surface area contributed by atoms with Gasteiger partial charge in [0.15, 0.2) is 5.65 Å². The first kappa shape index (κ1) is 17.6. The molecule has 0 radical (unpaired) electrons. The Bertz CT molecular complexity index is 1250. The molecule has 0 amide bonds. The fraction of sp³-hybridized carbons (Fsp3) is 0.300. The lowest BCUT2D eigenvalue weighted by Gasteiger charge is -2.10. The van der Waals surface area contributed by atoms with Crippen LogP contribution in [0.1, 0.15) is 23.7 Å².